The van der Waals surface area contributed by atoms with Crippen molar-refractivity contribution >= 4 is 17.0 Å². The lowest BCUT2D eigenvalue weighted by Crippen LogP contribution is -2.54. The Morgan fingerprint density at radius 1 is 1.26 bits per heavy atom. The molecule has 1 aromatic carbocycles. The van der Waals surface area contributed by atoms with Crippen LogP contribution in [0.15, 0.2) is 30.5 Å². The first-order valence-electron chi connectivity index (χ1n) is 11.1. The lowest BCUT2D eigenvalue weighted by atomic mass is 9.95. The normalized spacial score (nSPS) is 24.7. The summed E-state index contributed by atoms with van der Waals surface area (Å²) in [6, 6.07) is 8.41. The predicted octanol–water partition coefficient (Wildman–Crippen LogP) is 3.62. The van der Waals surface area contributed by atoms with Crippen LogP contribution in [0.2, 0.25) is 0 Å². The zero-order valence-corrected chi connectivity index (χ0v) is 18.8. The van der Waals surface area contributed by atoms with Crippen molar-refractivity contribution in [2.24, 2.45) is 0 Å². The van der Waals surface area contributed by atoms with Gasteiger partial charge in [-0.15, -0.1) is 0 Å². The van der Waals surface area contributed by atoms with E-state index in [0.717, 1.165) is 47.9 Å². The van der Waals surface area contributed by atoms with Crippen LogP contribution >= 0.6 is 0 Å². The van der Waals surface area contributed by atoms with Gasteiger partial charge in [0.05, 0.1) is 12.6 Å². The fourth-order valence-corrected chi connectivity index (χ4v) is 5.08. The highest BCUT2D eigenvalue weighted by molar-refractivity contribution is 5.83. The predicted molar refractivity (Wildman–Crippen MR) is 119 cm³/mol. The van der Waals surface area contributed by atoms with E-state index in [9.17, 15) is 9.90 Å². The molecule has 31 heavy (non-hydrogen) atoms. The molecule has 2 aliphatic rings. The van der Waals surface area contributed by atoms with Crippen LogP contribution in [0, 0.1) is 0 Å². The van der Waals surface area contributed by atoms with Crippen LogP contribution in [-0.2, 0) is 11.2 Å². The summed E-state index contributed by atoms with van der Waals surface area (Å²) in [4.78, 5) is 18.9. The second-order valence-electron chi connectivity index (χ2n) is 9.68. The number of amides is 1. The number of rotatable bonds is 5. The van der Waals surface area contributed by atoms with Crippen molar-refractivity contribution < 1.29 is 19.4 Å². The van der Waals surface area contributed by atoms with Gasteiger partial charge in [-0.25, -0.2) is 4.79 Å². The molecule has 2 N–H and O–H groups in total. The van der Waals surface area contributed by atoms with E-state index < -0.39 is 11.8 Å². The molecule has 3 atom stereocenters. The topological polar surface area (TPSA) is 83.9 Å². The summed E-state index contributed by atoms with van der Waals surface area (Å²) in [5, 5.41) is 15.2. The Labute approximate surface area is 183 Å². The summed E-state index contributed by atoms with van der Waals surface area (Å²) in [5.74, 6) is 0.783. The number of benzene rings is 1. The second kappa shape index (κ2) is 8.63. The van der Waals surface area contributed by atoms with Gasteiger partial charge in [-0.2, -0.15) is 0 Å². The smallest absolute Gasteiger partial charge is 0.407 e. The number of fused-ring (bicyclic) bond motifs is 3. The van der Waals surface area contributed by atoms with Crippen LogP contribution in [0.5, 0.6) is 5.75 Å². The van der Waals surface area contributed by atoms with Gasteiger partial charge in [0.2, 0.25) is 0 Å². The third-order valence-corrected chi connectivity index (χ3v) is 6.30. The van der Waals surface area contributed by atoms with Crippen molar-refractivity contribution in [3.8, 4) is 5.75 Å². The van der Waals surface area contributed by atoms with E-state index in [1.807, 2.05) is 45.0 Å². The Hall–Kier alpha value is -2.38. The lowest BCUT2D eigenvalue weighted by Gasteiger charge is -2.42. The molecule has 0 aliphatic carbocycles. The minimum Gasteiger partial charge on any atom is -0.497 e. The largest absolute Gasteiger partial charge is 0.497 e. The van der Waals surface area contributed by atoms with E-state index in [2.05, 4.69) is 15.2 Å². The second-order valence-corrected chi connectivity index (χ2v) is 9.68. The van der Waals surface area contributed by atoms with Crippen LogP contribution in [0.1, 0.15) is 52.0 Å². The maximum atomic E-state index is 12.2. The lowest BCUT2D eigenvalue weighted by molar-refractivity contribution is -0.0514. The van der Waals surface area contributed by atoms with Crippen LogP contribution in [0.25, 0.3) is 10.9 Å². The molecule has 1 amide bonds. The molecule has 2 bridgehead atoms. The SMILES string of the molecule is COc1ccc2nccc(CC(O)N3C4CCC3CC(NC(=O)OC(C)(C)C)C4)c2c1. The maximum Gasteiger partial charge on any atom is 0.407 e. The number of aliphatic hydroxyl groups is 1. The van der Waals surface area contributed by atoms with Crippen LogP contribution in [-0.4, -0.2) is 58.1 Å². The minimum atomic E-state index is -0.572. The number of pyridine rings is 1. The fraction of sp³-hybridized carbons (Fsp3) is 0.583. The van der Waals surface area contributed by atoms with Gasteiger partial charge >= 0.3 is 6.09 Å². The maximum absolute atomic E-state index is 12.2. The Bertz CT molecular complexity index is 928. The van der Waals surface area contributed by atoms with Gasteiger partial charge in [-0.3, -0.25) is 9.88 Å². The number of aliphatic hydroxyl groups excluding tert-OH is 1. The summed E-state index contributed by atoms with van der Waals surface area (Å²) in [7, 11) is 1.65. The van der Waals surface area contributed by atoms with Crippen molar-refractivity contribution in [1.29, 1.82) is 0 Å². The number of hydrogen-bond acceptors (Lipinski definition) is 6. The molecular weight excluding hydrogens is 394 g/mol. The monoisotopic (exact) mass is 427 g/mol. The van der Waals surface area contributed by atoms with Gasteiger partial charge in [-0.1, -0.05) is 0 Å². The molecule has 3 unspecified atom stereocenters. The van der Waals surface area contributed by atoms with Crippen LogP contribution < -0.4 is 10.1 Å². The molecular formula is C24H33N3O4. The van der Waals surface area contributed by atoms with Crippen molar-refractivity contribution in [1.82, 2.24) is 15.2 Å². The van der Waals surface area contributed by atoms with E-state index >= 15 is 0 Å². The fourth-order valence-electron chi connectivity index (χ4n) is 5.08. The molecule has 0 saturated carbocycles. The first-order chi connectivity index (χ1) is 14.7. The molecule has 1 aromatic heterocycles. The van der Waals surface area contributed by atoms with Gasteiger partial charge in [0.25, 0.3) is 0 Å². The van der Waals surface area contributed by atoms with E-state index in [0.29, 0.717) is 6.42 Å². The zero-order chi connectivity index (χ0) is 22.2. The van der Waals surface area contributed by atoms with Crippen molar-refractivity contribution in [2.75, 3.05) is 7.11 Å². The molecule has 0 radical (unpaired) electrons. The highest BCUT2D eigenvalue weighted by Crippen LogP contribution is 2.38. The average molecular weight is 428 g/mol. The summed E-state index contributed by atoms with van der Waals surface area (Å²) >= 11 is 0. The quantitative estimate of drug-likeness (QED) is 0.758. The summed E-state index contributed by atoms with van der Waals surface area (Å²) in [6.07, 6.45) is 5.14. The van der Waals surface area contributed by atoms with Gasteiger partial charge in [-0.05, 0) is 76.3 Å². The highest BCUT2D eigenvalue weighted by atomic mass is 16.6. The number of carbonyl (C=O) groups is 1. The molecule has 3 heterocycles. The number of hydrogen-bond donors (Lipinski definition) is 2. The molecule has 2 saturated heterocycles. The van der Waals surface area contributed by atoms with E-state index in [1.165, 1.54) is 0 Å². The number of nitrogens with one attached hydrogen (secondary N) is 1. The van der Waals surface area contributed by atoms with E-state index in [-0.39, 0.29) is 24.2 Å². The van der Waals surface area contributed by atoms with Crippen LogP contribution in [0.3, 0.4) is 0 Å². The minimum absolute atomic E-state index is 0.0850. The van der Waals surface area contributed by atoms with Crippen molar-refractivity contribution in [3.05, 3.63) is 36.0 Å². The standard InChI is InChI=1S/C24H33N3O4/c1-24(2,3)31-23(29)26-16-12-17-5-6-18(13-16)27(17)22(28)11-15-9-10-25-21-8-7-19(30-4)14-20(15)21/h7-10,14,16-18,22,28H,5-6,11-13H2,1-4H3,(H,26,29). The van der Waals surface area contributed by atoms with Gasteiger partial charge in [0.1, 0.15) is 17.6 Å². The number of methoxy groups -OCH3 is 1. The van der Waals surface area contributed by atoms with Crippen LogP contribution in [0.4, 0.5) is 4.79 Å². The van der Waals surface area contributed by atoms with Gasteiger partial charge in [0, 0.05) is 36.1 Å². The van der Waals surface area contributed by atoms with E-state index in [1.54, 1.807) is 13.3 Å². The average Bonchev–Trinajstić information content (AvgIpc) is 2.97. The summed E-state index contributed by atoms with van der Waals surface area (Å²) in [6.45, 7) is 5.61. The zero-order valence-electron chi connectivity index (χ0n) is 18.8. The Morgan fingerprint density at radius 2 is 1.97 bits per heavy atom. The number of nitrogens with zero attached hydrogens (tertiary/aromatic N) is 2. The molecule has 168 valence electrons. The molecule has 7 heteroatoms. The van der Waals surface area contributed by atoms with Crippen molar-refractivity contribution in [3.63, 3.8) is 0 Å². The molecule has 2 fully saturated rings. The number of piperidine rings is 1. The Morgan fingerprint density at radius 3 is 2.61 bits per heavy atom. The third-order valence-electron chi connectivity index (χ3n) is 6.30. The summed E-state index contributed by atoms with van der Waals surface area (Å²) in [5.41, 5.74) is 1.45. The summed E-state index contributed by atoms with van der Waals surface area (Å²) < 4.78 is 10.8. The first kappa shape index (κ1) is 21.8. The number of carbonyl (C=O) groups excluding carboxylic acids is 1. The molecule has 7 nitrogen and oxygen atoms in total. The van der Waals surface area contributed by atoms with Gasteiger partial charge < -0.3 is 19.9 Å². The Balaban J connectivity index is 1.43. The molecule has 0 spiro atoms. The van der Waals surface area contributed by atoms with Crippen molar-refractivity contribution in [2.45, 2.75) is 82.8 Å². The Kier molecular flexibility index (Phi) is 6.08. The highest BCUT2D eigenvalue weighted by Gasteiger charge is 2.44. The molecule has 2 aromatic rings. The first-order valence-corrected chi connectivity index (χ1v) is 11.1. The number of ether oxygens (including phenoxy) is 2. The van der Waals surface area contributed by atoms with E-state index in [4.69, 9.17) is 9.47 Å². The third kappa shape index (κ3) is 4.93. The van der Waals surface area contributed by atoms with Gasteiger partial charge in [0.15, 0.2) is 0 Å². The number of aromatic nitrogens is 1. The molecule has 2 aliphatic heterocycles. The molecule has 4 rings (SSSR count). The number of alkyl carbamates (subject to hydrolysis) is 1.